The summed E-state index contributed by atoms with van der Waals surface area (Å²) >= 11 is 0. The summed E-state index contributed by atoms with van der Waals surface area (Å²) in [6.45, 7) is 7.63. The van der Waals surface area contributed by atoms with Gasteiger partial charge in [0.1, 0.15) is 11.4 Å². The van der Waals surface area contributed by atoms with Gasteiger partial charge in [0.2, 0.25) is 5.88 Å². The zero-order chi connectivity index (χ0) is 13.2. The van der Waals surface area contributed by atoms with Gasteiger partial charge in [-0.1, -0.05) is 27.7 Å². The zero-order valence-electron chi connectivity index (χ0n) is 10.8. The predicted octanol–water partition coefficient (Wildman–Crippen LogP) is 1.90. The van der Waals surface area contributed by atoms with Crippen molar-refractivity contribution in [3.63, 3.8) is 0 Å². The summed E-state index contributed by atoms with van der Waals surface area (Å²) in [7, 11) is 0. The highest BCUT2D eigenvalue weighted by atomic mass is 16.5. The van der Waals surface area contributed by atoms with Crippen molar-refractivity contribution in [1.29, 1.82) is 0 Å². The fourth-order valence-corrected chi connectivity index (χ4v) is 1.70. The highest BCUT2D eigenvalue weighted by Crippen LogP contribution is 2.24. The van der Waals surface area contributed by atoms with Gasteiger partial charge in [0.25, 0.3) is 0 Å². The molecule has 1 atom stereocenters. The molecule has 17 heavy (non-hydrogen) atoms. The average molecular weight is 240 g/mol. The van der Waals surface area contributed by atoms with Crippen LogP contribution in [0.15, 0.2) is 4.79 Å². The van der Waals surface area contributed by atoms with Gasteiger partial charge in [0, 0.05) is 5.92 Å². The second-order valence-corrected chi connectivity index (χ2v) is 4.79. The minimum absolute atomic E-state index is 0.117. The summed E-state index contributed by atoms with van der Waals surface area (Å²) in [5, 5.41) is 19.6. The van der Waals surface area contributed by atoms with E-state index in [1.807, 2.05) is 27.7 Å². The van der Waals surface area contributed by atoms with Crippen molar-refractivity contribution >= 4 is 0 Å². The van der Waals surface area contributed by atoms with E-state index in [1.54, 1.807) is 0 Å². The summed E-state index contributed by atoms with van der Waals surface area (Å²) in [6.07, 6.45) is 1.15. The molecule has 0 radical (unpaired) electrons. The molecule has 0 aliphatic carbocycles. The second kappa shape index (κ2) is 5.21. The lowest BCUT2D eigenvalue weighted by atomic mass is 10.0. The Morgan fingerprint density at radius 1 is 1.35 bits per heavy atom. The summed E-state index contributed by atoms with van der Waals surface area (Å²) < 4.78 is 0.536. The monoisotopic (exact) mass is 240 g/mol. The van der Waals surface area contributed by atoms with Gasteiger partial charge in [-0.3, -0.25) is 4.79 Å². The van der Waals surface area contributed by atoms with E-state index in [2.05, 4.69) is 4.98 Å². The topological polar surface area (TPSA) is 75.4 Å². The van der Waals surface area contributed by atoms with Crippen LogP contribution < -0.4 is 5.56 Å². The van der Waals surface area contributed by atoms with Gasteiger partial charge >= 0.3 is 5.56 Å². The van der Waals surface area contributed by atoms with Crippen LogP contribution in [-0.4, -0.2) is 20.0 Å². The molecule has 0 aliphatic heterocycles. The van der Waals surface area contributed by atoms with E-state index in [-0.39, 0.29) is 29.1 Å². The normalized spacial score (nSPS) is 13.0. The van der Waals surface area contributed by atoms with E-state index in [4.69, 9.17) is 0 Å². The maximum atomic E-state index is 11.8. The molecule has 1 aromatic heterocycles. The van der Waals surface area contributed by atoms with Crippen LogP contribution in [0.5, 0.6) is 5.88 Å². The molecule has 1 unspecified atom stereocenters. The number of rotatable bonds is 4. The van der Waals surface area contributed by atoms with Crippen molar-refractivity contribution in [2.75, 3.05) is 0 Å². The third kappa shape index (κ3) is 2.78. The Bertz CT molecular complexity index is 452. The molecule has 0 saturated carbocycles. The first-order valence-corrected chi connectivity index (χ1v) is 5.92. The van der Waals surface area contributed by atoms with Crippen LogP contribution in [0, 0.1) is 5.92 Å². The fourth-order valence-electron chi connectivity index (χ4n) is 1.70. The predicted molar refractivity (Wildman–Crippen MR) is 64.6 cm³/mol. The number of aromatic hydroxyl groups is 1. The Labute approximate surface area is 101 Å². The Balaban J connectivity index is 3.32. The van der Waals surface area contributed by atoms with Crippen molar-refractivity contribution in [1.82, 2.24) is 9.71 Å². The largest absolute Gasteiger partial charge is 0.492 e. The molecule has 0 spiro atoms. The van der Waals surface area contributed by atoms with Gasteiger partial charge in [-0.05, 0) is 18.8 Å². The highest BCUT2D eigenvalue weighted by Gasteiger charge is 2.20. The smallest absolute Gasteiger partial charge is 0.305 e. The molecule has 0 aromatic carbocycles. The van der Waals surface area contributed by atoms with Gasteiger partial charge in [-0.15, -0.1) is 4.73 Å². The molecule has 0 saturated heterocycles. The summed E-state index contributed by atoms with van der Waals surface area (Å²) in [4.78, 5) is 15.7. The van der Waals surface area contributed by atoms with Crippen LogP contribution in [0.25, 0.3) is 0 Å². The van der Waals surface area contributed by atoms with Gasteiger partial charge in [-0.25, -0.2) is 4.98 Å². The molecule has 0 aliphatic rings. The fraction of sp³-hybridized carbons (Fsp3) is 0.667. The van der Waals surface area contributed by atoms with Gasteiger partial charge in [0.05, 0.1) is 0 Å². The van der Waals surface area contributed by atoms with E-state index < -0.39 is 5.56 Å². The first-order chi connectivity index (χ1) is 7.88. The van der Waals surface area contributed by atoms with Crippen LogP contribution in [0.4, 0.5) is 0 Å². The Morgan fingerprint density at radius 3 is 2.41 bits per heavy atom. The summed E-state index contributed by atoms with van der Waals surface area (Å²) in [6, 6.07) is 0. The lowest BCUT2D eigenvalue weighted by Crippen LogP contribution is -2.28. The molecule has 5 nitrogen and oxygen atoms in total. The molecule has 5 heteroatoms. The summed E-state index contributed by atoms with van der Waals surface area (Å²) in [5.74, 6) is -0.130. The Morgan fingerprint density at radius 2 is 1.94 bits per heavy atom. The van der Waals surface area contributed by atoms with Gasteiger partial charge in [0.15, 0.2) is 0 Å². The number of hydrogen-bond acceptors (Lipinski definition) is 4. The first-order valence-electron chi connectivity index (χ1n) is 5.92. The number of hydrogen-bond donors (Lipinski definition) is 2. The van der Waals surface area contributed by atoms with Gasteiger partial charge < -0.3 is 10.3 Å². The minimum Gasteiger partial charge on any atom is -0.492 e. The van der Waals surface area contributed by atoms with Gasteiger partial charge in [-0.2, -0.15) is 0 Å². The molecule has 1 aromatic rings. The molecule has 0 amide bonds. The standard InChI is InChI=1S/C12H20N2O3/c1-5-8(4)10-11(15)13-9(6-7(2)3)12(16)14(10)17/h7-8,15,17H,5-6H2,1-4H3. The van der Waals surface area contributed by atoms with E-state index in [1.165, 1.54) is 0 Å². The molecular weight excluding hydrogens is 220 g/mol. The van der Waals surface area contributed by atoms with Crippen molar-refractivity contribution in [3.05, 3.63) is 21.7 Å². The quantitative estimate of drug-likeness (QED) is 0.788. The van der Waals surface area contributed by atoms with Crippen molar-refractivity contribution in [2.45, 2.75) is 46.5 Å². The number of nitrogens with zero attached hydrogens (tertiary/aromatic N) is 2. The Kier molecular flexibility index (Phi) is 4.15. The highest BCUT2D eigenvalue weighted by molar-refractivity contribution is 5.23. The second-order valence-electron chi connectivity index (χ2n) is 4.79. The van der Waals surface area contributed by atoms with Crippen LogP contribution in [0.1, 0.15) is 51.4 Å². The van der Waals surface area contributed by atoms with Crippen molar-refractivity contribution < 1.29 is 10.3 Å². The third-order valence-electron chi connectivity index (χ3n) is 2.82. The van der Waals surface area contributed by atoms with Crippen LogP contribution in [0.2, 0.25) is 0 Å². The molecule has 1 rings (SSSR count). The molecule has 0 fully saturated rings. The minimum atomic E-state index is -0.535. The molecule has 2 N–H and O–H groups in total. The van der Waals surface area contributed by atoms with Crippen LogP contribution >= 0.6 is 0 Å². The van der Waals surface area contributed by atoms with E-state index in [0.29, 0.717) is 17.6 Å². The lowest BCUT2D eigenvalue weighted by molar-refractivity contribution is 0.153. The average Bonchev–Trinajstić information content (AvgIpc) is 2.24. The Hall–Kier alpha value is -1.52. The third-order valence-corrected chi connectivity index (χ3v) is 2.82. The molecule has 1 heterocycles. The summed E-state index contributed by atoms with van der Waals surface area (Å²) in [5.41, 5.74) is -0.149. The first kappa shape index (κ1) is 13.5. The zero-order valence-corrected chi connectivity index (χ0v) is 10.8. The molecule has 0 bridgehead atoms. The SMILES string of the molecule is CCC(C)c1c(O)nc(CC(C)C)c(=O)n1O. The van der Waals surface area contributed by atoms with Crippen molar-refractivity contribution in [3.8, 4) is 5.88 Å². The van der Waals surface area contributed by atoms with Crippen LogP contribution in [-0.2, 0) is 6.42 Å². The van der Waals surface area contributed by atoms with E-state index in [0.717, 1.165) is 0 Å². The maximum absolute atomic E-state index is 11.8. The van der Waals surface area contributed by atoms with E-state index >= 15 is 0 Å². The molecule has 96 valence electrons. The molecular formula is C12H20N2O3. The van der Waals surface area contributed by atoms with E-state index in [9.17, 15) is 15.1 Å². The lowest BCUT2D eigenvalue weighted by Gasteiger charge is -2.15. The maximum Gasteiger partial charge on any atom is 0.305 e. The van der Waals surface area contributed by atoms with Crippen LogP contribution in [0.3, 0.4) is 0 Å². The number of aromatic nitrogens is 2. The van der Waals surface area contributed by atoms with Crippen molar-refractivity contribution in [2.24, 2.45) is 5.92 Å².